The van der Waals surface area contributed by atoms with Crippen molar-refractivity contribution >= 4 is 29.2 Å². The van der Waals surface area contributed by atoms with Crippen molar-refractivity contribution in [3.05, 3.63) is 63.4 Å². The quantitative estimate of drug-likeness (QED) is 0.909. The normalized spacial score (nSPS) is 10.3. The fourth-order valence-corrected chi connectivity index (χ4v) is 1.91. The Bertz CT molecular complexity index is 659. The summed E-state index contributed by atoms with van der Waals surface area (Å²) in [6.07, 6.45) is 0. The van der Waals surface area contributed by atoms with Crippen LogP contribution in [0, 0.1) is 5.82 Å². The molecule has 0 heterocycles. The van der Waals surface area contributed by atoms with E-state index < -0.39 is 11.8 Å². The number of carbonyl (C=O) groups is 1. The largest absolute Gasteiger partial charge is 0.488 e. The molecule has 0 aliphatic rings. The van der Waals surface area contributed by atoms with Crippen LogP contribution in [0.3, 0.4) is 0 Å². The number of hydrogen-bond donors (Lipinski definition) is 1. The molecule has 0 amide bonds. The molecular weight excluding hydrogens is 306 g/mol. The van der Waals surface area contributed by atoms with E-state index in [1.165, 1.54) is 30.3 Å². The van der Waals surface area contributed by atoms with Gasteiger partial charge < -0.3 is 9.84 Å². The lowest BCUT2D eigenvalue weighted by atomic mass is 10.2. The number of aromatic carboxylic acids is 1. The molecule has 0 aliphatic heterocycles. The number of hydrogen-bond acceptors (Lipinski definition) is 2. The molecule has 1 N–H and O–H groups in total. The van der Waals surface area contributed by atoms with Gasteiger partial charge in [0.15, 0.2) is 0 Å². The zero-order chi connectivity index (χ0) is 14.7. The maximum atomic E-state index is 13.6. The predicted octanol–water partition coefficient (Wildman–Crippen LogP) is 4.41. The molecule has 0 fully saturated rings. The monoisotopic (exact) mass is 314 g/mol. The molecule has 2 aromatic carbocycles. The smallest absolute Gasteiger partial charge is 0.339 e. The summed E-state index contributed by atoms with van der Waals surface area (Å²) in [7, 11) is 0. The molecule has 3 nitrogen and oxygen atoms in total. The number of halogens is 3. The first-order chi connectivity index (χ1) is 9.47. The number of ether oxygens (including phenoxy) is 1. The van der Waals surface area contributed by atoms with E-state index >= 15 is 0 Å². The number of carboxylic acid groups (broad SMARTS) is 1. The van der Waals surface area contributed by atoms with Crippen molar-refractivity contribution in [1.82, 2.24) is 0 Å². The zero-order valence-electron chi connectivity index (χ0n) is 10.1. The van der Waals surface area contributed by atoms with E-state index in [-0.39, 0.29) is 28.5 Å². The van der Waals surface area contributed by atoms with E-state index in [2.05, 4.69) is 0 Å². The summed E-state index contributed by atoms with van der Waals surface area (Å²) in [4.78, 5) is 11.0. The first-order valence-corrected chi connectivity index (χ1v) is 6.32. The highest BCUT2D eigenvalue weighted by molar-refractivity contribution is 6.31. The van der Waals surface area contributed by atoms with Crippen molar-refractivity contribution in [2.45, 2.75) is 6.61 Å². The van der Waals surface area contributed by atoms with Crippen LogP contribution < -0.4 is 4.74 Å². The molecular formula is C14H9Cl2FO3. The van der Waals surface area contributed by atoms with Gasteiger partial charge in [0.05, 0.1) is 0 Å². The molecule has 2 aromatic rings. The molecule has 2 rings (SSSR count). The van der Waals surface area contributed by atoms with E-state index in [4.69, 9.17) is 33.0 Å². The Morgan fingerprint density at radius 3 is 2.45 bits per heavy atom. The summed E-state index contributed by atoms with van der Waals surface area (Å²) in [6, 6.07) is 8.32. The lowest BCUT2D eigenvalue weighted by Gasteiger charge is -2.10. The molecule has 0 radical (unpaired) electrons. The summed E-state index contributed by atoms with van der Waals surface area (Å²) in [5.74, 6) is -1.58. The van der Waals surface area contributed by atoms with Gasteiger partial charge in [0.2, 0.25) is 0 Å². The Morgan fingerprint density at radius 2 is 1.80 bits per heavy atom. The Morgan fingerprint density at radius 1 is 1.15 bits per heavy atom. The standard InChI is InChI=1S/C14H9Cl2FO3/c15-9-2-1-8(12(17)5-9)7-20-13-6-10(16)3-4-11(13)14(18)19/h1-6H,7H2,(H,18,19). The van der Waals surface area contributed by atoms with Crippen molar-refractivity contribution in [3.63, 3.8) is 0 Å². The van der Waals surface area contributed by atoms with Crippen LogP contribution in [0.15, 0.2) is 36.4 Å². The van der Waals surface area contributed by atoms with Crippen LogP contribution in [0.4, 0.5) is 4.39 Å². The highest BCUT2D eigenvalue weighted by atomic mass is 35.5. The average Bonchev–Trinajstić information content (AvgIpc) is 2.37. The van der Waals surface area contributed by atoms with Crippen LogP contribution in [0.1, 0.15) is 15.9 Å². The fraction of sp³-hybridized carbons (Fsp3) is 0.0714. The minimum atomic E-state index is -1.15. The number of rotatable bonds is 4. The van der Waals surface area contributed by atoms with Crippen LogP contribution in [0.5, 0.6) is 5.75 Å². The first-order valence-electron chi connectivity index (χ1n) is 5.57. The average molecular weight is 315 g/mol. The molecule has 6 heteroatoms. The van der Waals surface area contributed by atoms with Gasteiger partial charge >= 0.3 is 5.97 Å². The van der Waals surface area contributed by atoms with Gasteiger partial charge in [-0.15, -0.1) is 0 Å². The van der Waals surface area contributed by atoms with Gasteiger partial charge in [0.25, 0.3) is 0 Å². The van der Waals surface area contributed by atoms with Crippen molar-refractivity contribution < 1.29 is 19.0 Å². The van der Waals surface area contributed by atoms with Gasteiger partial charge in [-0.1, -0.05) is 29.3 Å². The Hall–Kier alpha value is -1.78. The lowest BCUT2D eigenvalue weighted by molar-refractivity contribution is 0.0692. The molecule has 0 unspecified atom stereocenters. The van der Waals surface area contributed by atoms with E-state index in [1.54, 1.807) is 0 Å². The predicted molar refractivity (Wildman–Crippen MR) is 74.2 cm³/mol. The summed E-state index contributed by atoms with van der Waals surface area (Å²) in [5, 5.41) is 9.64. The van der Waals surface area contributed by atoms with E-state index in [1.807, 2.05) is 0 Å². The van der Waals surface area contributed by atoms with Gasteiger partial charge in [0, 0.05) is 15.6 Å². The minimum absolute atomic E-state index is 0.0382. The van der Waals surface area contributed by atoms with Gasteiger partial charge in [0.1, 0.15) is 23.7 Å². The highest BCUT2D eigenvalue weighted by Gasteiger charge is 2.13. The molecule has 0 spiro atoms. The number of carboxylic acids is 1. The second-order valence-electron chi connectivity index (χ2n) is 3.97. The summed E-state index contributed by atoms with van der Waals surface area (Å²) in [6.45, 7) is -0.121. The molecule has 20 heavy (non-hydrogen) atoms. The molecule has 104 valence electrons. The fourth-order valence-electron chi connectivity index (χ4n) is 1.59. The molecule has 0 atom stereocenters. The van der Waals surface area contributed by atoms with Crippen molar-refractivity contribution in [2.24, 2.45) is 0 Å². The van der Waals surface area contributed by atoms with E-state index in [9.17, 15) is 9.18 Å². The van der Waals surface area contributed by atoms with Gasteiger partial charge in [-0.25, -0.2) is 9.18 Å². The molecule has 0 saturated carbocycles. The molecule has 0 saturated heterocycles. The Kier molecular flexibility index (Phi) is 4.47. The third-order valence-corrected chi connectivity index (χ3v) is 3.04. The SMILES string of the molecule is O=C(O)c1ccc(Cl)cc1OCc1ccc(Cl)cc1F. The third-order valence-electron chi connectivity index (χ3n) is 2.57. The van der Waals surface area contributed by atoms with Gasteiger partial charge in [-0.05, 0) is 30.3 Å². The Balaban J connectivity index is 2.22. The zero-order valence-corrected chi connectivity index (χ0v) is 11.6. The summed E-state index contributed by atoms with van der Waals surface area (Å²) >= 11 is 11.4. The van der Waals surface area contributed by atoms with E-state index in [0.717, 1.165) is 6.07 Å². The maximum Gasteiger partial charge on any atom is 0.339 e. The second kappa shape index (κ2) is 6.11. The topological polar surface area (TPSA) is 46.5 Å². The Labute approximate surface area is 124 Å². The summed E-state index contributed by atoms with van der Waals surface area (Å²) in [5.41, 5.74) is 0.231. The van der Waals surface area contributed by atoms with Crippen LogP contribution in [0.2, 0.25) is 10.0 Å². The summed E-state index contributed by atoms with van der Waals surface area (Å²) < 4.78 is 18.9. The first kappa shape index (κ1) is 14.6. The third kappa shape index (κ3) is 3.40. The van der Waals surface area contributed by atoms with Crippen molar-refractivity contribution in [2.75, 3.05) is 0 Å². The highest BCUT2D eigenvalue weighted by Crippen LogP contribution is 2.25. The molecule has 0 aromatic heterocycles. The molecule has 0 aliphatic carbocycles. The van der Waals surface area contributed by atoms with Crippen LogP contribution in [-0.2, 0) is 6.61 Å². The molecule has 0 bridgehead atoms. The van der Waals surface area contributed by atoms with Crippen molar-refractivity contribution in [1.29, 1.82) is 0 Å². The van der Waals surface area contributed by atoms with Crippen LogP contribution in [-0.4, -0.2) is 11.1 Å². The number of benzene rings is 2. The minimum Gasteiger partial charge on any atom is -0.488 e. The van der Waals surface area contributed by atoms with Gasteiger partial charge in [-0.3, -0.25) is 0 Å². The van der Waals surface area contributed by atoms with Crippen LogP contribution >= 0.6 is 23.2 Å². The van der Waals surface area contributed by atoms with E-state index in [0.29, 0.717) is 5.02 Å². The second-order valence-corrected chi connectivity index (χ2v) is 4.84. The maximum absolute atomic E-state index is 13.6. The van der Waals surface area contributed by atoms with Crippen LogP contribution in [0.25, 0.3) is 0 Å². The van der Waals surface area contributed by atoms with Gasteiger partial charge in [-0.2, -0.15) is 0 Å². The lowest BCUT2D eigenvalue weighted by Crippen LogP contribution is -2.04. The van der Waals surface area contributed by atoms with Crippen molar-refractivity contribution in [3.8, 4) is 5.75 Å².